The molecule has 0 heterocycles. The molecule has 0 aromatic heterocycles. The molecular weight excluding hydrogens is 604 g/mol. The van der Waals surface area contributed by atoms with E-state index in [0.29, 0.717) is 16.9 Å². The Labute approximate surface area is 270 Å². The summed E-state index contributed by atoms with van der Waals surface area (Å²) >= 11 is 0. The van der Waals surface area contributed by atoms with E-state index in [1.807, 2.05) is 0 Å². The molecule has 47 heavy (non-hydrogen) atoms. The standard InChI is InChI=1S/C37H28O10/c1-4-33(38)44-29-16-12-26(13-17-29)25-8-10-28(11-9-25)37(42)45-30-18-14-27(15-19-30)36(41)43-22-21-24-7-20-31(46-34(39)5-2)32(23-24)47-35(40)6-3/h4-20,23H,1-3,21-22H2. The topological polar surface area (TPSA) is 132 Å². The van der Waals surface area contributed by atoms with Gasteiger partial charge in [0.05, 0.1) is 17.7 Å². The van der Waals surface area contributed by atoms with Gasteiger partial charge in [0, 0.05) is 24.6 Å². The molecule has 0 atom stereocenters. The van der Waals surface area contributed by atoms with Crippen molar-refractivity contribution in [3.05, 3.63) is 146 Å². The lowest BCUT2D eigenvalue weighted by molar-refractivity contribution is -0.131. The van der Waals surface area contributed by atoms with Crippen molar-refractivity contribution in [1.82, 2.24) is 0 Å². The minimum Gasteiger partial charge on any atom is -0.462 e. The summed E-state index contributed by atoms with van der Waals surface area (Å²) in [4.78, 5) is 59.9. The first kappa shape index (κ1) is 33.3. The fourth-order valence-corrected chi connectivity index (χ4v) is 4.01. The highest BCUT2D eigenvalue weighted by Gasteiger charge is 2.15. The Kier molecular flexibility index (Phi) is 11.3. The van der Waals surface area contributed by atoms with Crippen LogP contribution in [0.1, 0.15) is 26.3 Å². The highest BCUT2D eigenvalue weighted by Crippen LogP contribution is 2.29. The lowest BCUT2D eigenvalue weighted by atomic mass is 10.0. The summed E-state index contributed by atoms with van der Waals surface area (Å²) in [6.45, 7) is 10.0. The average Bonchev–Trinajstić information content (AvgIpc) is 3.09. The maximum Gasteiger partial charge on any atom is 0.343 e. The molecule has 0 aliphatic carbocycles. The quantitative estimate of drug-likeness (QED) is 0.0947. The molecule has 10 nitrogen and oxygen atoms in total. The summed E-state index contributed by atoms with van der Waals surface area (Å²) in [5.74, 6) is -2.57. The zero-order chi connectivity index (χ0) is 33.8. The molecule has 0 bridgehead atoms. The van der Waals surface area contributed by atoms with Gasteiger partial charge in [0.2, 0.25) is 0 Å². The van der Waals surface area contributed by atoms with Crippen LogP contribution in [0.4, 0.5) is 0 Å². The first-order chi connectivity index (χ1) is 22.7. The Bertz CT molecular complexity index is 1820. The molecule has 236 valence electrons. The molecule has 10 heteroatoms. The fraction of sp³-hybridized carbons (Fsp3) is 0.0541. The van der Waals surface area contributed by atoms with Crippen LogP contribution in [0.15, 0.2) is 129 Å². The Balaban J connectivity index is 1.29. The van der Waals surface area contributed by atoms with E-state index < -0.39 is 29.8 Å². The van der Waals surface area contributed by atoms with Crippen LogP contribution in [0.2, 0.25) is 0 Å². The van der Waals surface area contributed by atoms with Crippen LogP contribution < -0.4 is 18.9 Å². The van der Waals surface area contributed by atoms with Gasteiger partial charge in [-0.05, 0) is 77.4 Å². The second-order valence-corrected chi connectivity index (χ2v) is 9.56. The number of rotatable bonds is 13. The SMILES string of the molecule is C=CC(=O)Oc1ccc(-c2ccc(C(=O)Oc3ccc(C(=O)OCCc4ccc(OC(=O)C=C)c(OC(=O)C=C)c4)cc3)cc2)cc1. The van der Waals surface area contributed by atoms with Gasteiger partial charge in [0.1, 0.15) is 11.5 Å². The maximum atomic E-state index is 12.7. The van der Waals surface area contributed by atoms with Crippen molar-refractivity contribution in [2.75, 3.05) is 6.61 Å². The van der Waals surface area contributed by atoms with E-state index in [4.69, 9.17) is 23.7 Å². The van der Waals surface area contributed by atoms with E-state index in [1.54, 1.807) is 54.6 Å². The summed E-state index contributed by atoms with van der Waals surface area (Å²) < 4.78 is 26.1. The van der Waals surface area contributed by atoms with Crippen molar-refractivity contribution >= 4 is 29.8 Å². The average molecular weight is 633 g/mol. The predicted octanol–water partition coefficient (Wildman–Crippen LogP) is 6.25. The van der Waals surface area contributed by atoms with Gasteiger partial charge in [-0.3, -0.25) is 0 Å². The third-order valence-electron chi connectivity index (χ3n) is 6.38. The maximum absolute atomic E-state index is 12.7. The van der Waals surface area contributed by atoms with E-state index in [-0.39, 0.29) is 35.8 Å². The van der Waals surface area contributed by atoms with Crippen LogP contribution >= 0.6 is 0 Å². The minimum absolute atomic E-state index is 0.000882. The smallest absolute Gasteiger partial charge is 0.343 e. The molecule has 0 spiro atoms. The molecule has 0 unspecified atom stereocenters. The lowest BCUT2D eigenvalue weighted by Crippen LogP contribution is -2.11. The van der Waals surface area contributed by atoms with Crippen molar-refractivity contribution < 1.29 is 47.7 Å². The number of carbonyl (C=O) groups is 5. The normalized spacial score (nSPS) is 10.1. The van der Waals surface area contributed by atoms with Crippen molar-refractivity contribution in [3.63, 3.8) is 0 Å². The van der Waals surface area contributed by atoms with Gasteiger partial charge in [-0.25, -0.2) is 24.0 Å². The van der Waals surface area contributed by atoms with E-state index >= 15 is 0 Å². The molecule has 0 aliphatic heterocycles. The van der Waals surface area contributed by atoms with Gasteiger partial charge >= 0.3 is 29.8 Å². The molecule has 0 radical (unpaired) electrons. The summed E-state index contributed by atoms with van der Waals surface area (Å²) in [6.07, 6.45) is 3.29. The molecule has 0 amide bonds. The highest BCUT2D eigenvalue weighted by atomic mass is 16.6. The van der Waals surface area contributed by atoms with E-state index in [9.17, 15) is 24.0 Å². The second kappa shape index (κ2) is 16.0. The number of benzene rings is 4. The summed E-state index contributed by atoms with van der Waals surface area (Å²) in [7, 11) is 0. The lowest BCUT2D eigenvalue weighted by Gasteiger charge is -2.11. The molecule has 4 aromatic carbocycles. The van der Waals surface area contributed by atoms with Crippen LogP contribution in [0.25, 0.3) is 11.1 Å². The third kappa shape index (κ3) is 9.47. The largest absolute Gasteiger partial charge is 0.462 e. The Morgan fingerprint density at radius 1 is 0.511 bits per heavy atom. The van der Waals surface area contributed by atoms with Crippen LogP contribution in [-0.2, 0) is 25.5 Å². The van der Waals surface area contributed by atoms with Crippen molar-refractivity contribution in [2.24, 2.45) is 0 Å². The van der Waals surface area contributed by atoms with Crippen molar-refractivity contribution in [3.8, 4) is 34.1 Å². The van der Waals surface area contributed by atoms with Gasteiger partial charge in [-0.1, -0.05) is 50.1 Å². The van der Waals surface area contributed by atoms with Gasteiger partial charge in [0.25, 0.3) is 0 Å². The molecule has 0 N–H and O–H groups in total. The van der Waals surface area contributed by atoms with E-state index in [0.717, 1.165) is 29.4 Å². The van der Waals surface area contributed by atoms with Gasteiger partial charge < -0.3 is 23.7 Å². The fourth-order valence-electron chi connectivity index (χ4n) is 4.01. The molecule has 4 aromatic rings. The molecule has 0 aliphatic rings. The molecular formula is C37H28O10. The predicted molar refractivity (Wildman–Crippen MR) is 171 cm³/mol. The summed E-state index contributed by atoms with van der Waals surface area (Å²) in [5, 5.41) is 0. The van der Waals surface area contributed by atoms with Gasteiger partial charge in [-0.2, -0.15) is 0 Å². The summed E-state index contributed by atoms with van der Waals surface area (Å²) in [5.41, 5.74) is 2.90. The van der Waals surface area contributed by atoms with E-state index in [1.165, 1.54) is 36.4 Å². The first-order valence-electron chi connectivity index (χ1n) is 14.0. The monoisotopic (exact) mass is 632 g/mol. The Morgan fingerprint density at radius 3 is 1.57 bits per heavy atom. The number of ether oxygens (including phenoxy) is 5. The third-order valence-corrected chi connectivity index (χ3v) is 6.38. The molecule has 4 rings (SSSR count). The minimum atomic E-state index is -0.745. The highest BCUT2D eigenvalue weighted by molar-refractivity contribution is 5.92. The number of hydrogen-bond acceptors (Lipinski definition) is 10. The number of esters is 5. The number of carbonyl (C=O) groups excluding carboxylic acids is 5. The second-order valence-electron chi connectivity index (χ2n) is 9.56. The van der Waals surface area contributed by atoms with Crippen LogP contribution in [0, 0.1) is 0 Å². The van der Waals surface area contributed by atoms with Gasteiger partial charge in [-0.15, -0.1) is 0 Å². The molecule has 0 saturated heterocycles. The Morgan fingerprint density at radius 2 is 0.979 bits per heavy atom. The van der Waals surface area contributed by atoms with Crippen LogP contribution in [-0.4, -0.2) is 36.5 Å². The van der Waals surface area contributed by atoms with Crippen molar-refractivity contribution in [2.45, 2.75) is 6.42 Å². The Hall–Kier alpha value is -6.55. The van der Waals surface area contributed by atoms with E-state index in [2.05, 4.69) is 19.7 Å². The zero-order valence-corrected chi connectivity index (χ0v) is 25.0. The van der Waals surface area contributed by atoms with Crippen molar-refractivity contribution in [1.29, 1.82) is 0 Å². The summed E-state index contributed by atoms with van der Waals surface area (Å²) in [6, 6.07) is 24.1. The zero-order valence-electron chi connectivity index (χ0n) is 25.0. The molecule has 0 saturated carbocycles. The van der Waals surface area contributed by atoms with Crippen LogP contribution in [0.5, 0.6) is 23.0 Å². The number of hydrogen-bond donors (Lipinski definition) is 0. The van der Waals surface area contributed by atoms with Gasteiger partial charge in [0.15, 0.2) is 11.5 Å². The first-order valence-corrected chi connectivity index (χ1v) is 14.0. The molecule has 0 fully saturated rings. The van der Waals surface area contributed by atoms with Crippen LogP contribution in [0.3, 0.4) is 0 Å².